The Labute approximate surface area is 111 Å². The van der Waals surface area contributed by atoms with Gasteiger partial charge in [-0.25, -0.2) is 0 Å². The Morgan fingerprint density at radius 1 is 1.44 bits per heavy atom. The van der Waals surface area contributed by atoms with Crippen LogP contribution in [0.4, 0.5) is 5.69 Å². The lowest BCUT2D eigenvalue weighted by atomic mass is 9.81. The molecule has 1 aliphatic carbocycles. The number of nitrogens with one attached hydrogen (secondary N) is 1. The van der Waals surface area contributed by atoms with Crippen LogP contribution >= 0.6 is 0 Å². The normalized spacial score (nSPS) is 24.4. The molecule has 3 nitrogen and oxygen atoms in total. The Morgan fingerprint density at radius 3 is 2.94 bits per heavy atom. The summed E-state index contributed by atoms with van der Waals surface area (Å²) in [6.45, 7) is 7.74. The Morgan fingerprint density at radius 2 is 2.28 bits per heavy atom. The van der Waals surface area contributed by atoms with E-state index in [-0.39, 0.29) is 0 Å². The molecule has 18 heavy (non-hydrogen) atoms. The molecule has 1 heterocycles. The molecule has 2 rings (SSSR count). The highest BCUT2D eigenvalue weighted by Crippen LogP contribution is 2.30. The Bertz CT molecular complexity index is 356. The van der Waals surface area contributed by atoms with Crippen molar-refractivity contribution in [1.29, 1.82) is 0 Å². The second-order valence-corrected chi connectivity index (χ2v) is 6.09. The lowest BCUT2D eigenvalue weighted by molar-refractivity contribution is 0.289. The molecule has 0 aliphatic heterocycles. The molecule has 0 amide bonds. The van der Waals surface area contributed by atoms with Crippen molar-refractivity contribution in [3.63, 3.8) is 0 Å². The summed E-state index contributed by atoms with van der Waals surface area (Å²) in [7, 11) is 0. The molecule has 2 unspecified atom stereocenters. The number of aromatic nitrogens is 2. The maximum atomic E-state index is 4.32. The van der Waals surface area contributed by atoms with E-state index in [1.54, 1.807) is 0 Å². The van der Waals surface area contributed by atoms with Gasteiger partial charge in [-0.05, 0) is 38.0 Å². The summed E-state index contributed by atoms with van der Waals surface area (Å²) in [6, 6.07) is 0.650. The first-order valence-corrected chi connectivity index (χ1v) is 7.46. The van der Waals surface area contributed by atoms with Crippen LogP contribution in [0.2, 0.25) is 0 Å². The molecule has 102 valence electrons. The van der Waals surface area contributed by atoms with Crippen LogP contribution in [-0.4, -0.2) is 15.8 Å². The molecule has 1 aromatic heterocycles. The van der Waals surface area contributed by atoms with Crippen LogP contribution in [0.15, 0.2) is 12.4 Å². The maximum absolute atomic E-state index is 4.32. The fraction of sp³-hybridized carbons (Fsp3) is 0.800. The van der Waals surface area contributed by atoms with Crippen LogP contribution in [0.3, 0.4) is 0 Å². The highest BCUT2D eigenvalue weighted by molar-refractivity contribution is 5.39. The number of aryl methyl sites for hydroxylation is 1. The minimum Gasteiger partial charge on any atom is -0.380 e. The summed E-state index contributed by atoms with van der Waals surface area (Å²) >= 11 is 0. The first-order valence-electron chi connectivity index (χ1n) is 7.46. The van der Waals surface area contributed by atoms with E-state index in [1.807, 2.05) is 10.9 Å². The molecule has 0 spiro atoms. The summed E-state index contributed by atoms with van der Waals surface area (Å²) in [5, 5.41) is 7.98. The number of hydrogen-bond acceptors (Lipinski definition) is 2. The van der Waals surface area contributed by atoms with E-state index in [4.69, 9.17) is 0 Å². The van der Waals surface area contributed by atoms with Crippen LogP contribution in [0.5, 0.6) is 0 Å². The second-order valence-electron chi connectivity index (χ2n) is 6.09. The van der Waals surface area contributed by atoms with E-state index in [1.165, 1.54) is 37.8 Å². The SMILES string of the molecule is CCn1cc(NC2CCCC(CC(C)C)C2)cn1. The molecule has 3 heteroatoms. The molecule has 1 N–H and O–H groups in total. The van der Waals surface area contributed by atoms with Gasteiger partial charge in [0.2, 0.25) is 0 Å². The van der Waals surface area contributed by atoms with Gasteiger partial charge in [-0.3, -0.25) is 4.68 Å². The van der Waals surface area contributed by atoms with Crippen LogP contribution in [0.25, 0.3) is 0 Å². The van der Waals surface area contributed by atoms with E-state index in [2.05, 4.69) is 37.4 Å². The monoisotopic (exact) mass is 249 g/mol. The second kappa shape index (κ2) is 6.26. The van der Waals surface area contributed by atoms with Gasteiger partial charge in [0, 0.05) is 18.8 Å². The van der Waals surface area contributed by atoms with Gasteiger partial charge in [0.05, 0.1) is 11.9 Å². The average Bonchev–Trinajstić information content (AvgIpc) is 2.76. The molecule has 1 saturated carbocycles. The Balaban J connectivity index is 1.85. The van der Waals surface area contributed by atoms with Gasteiger partial charge in [-0.15, -0.1) is 0 Å². The minimum absolute atomic E-state index is 0.650. The van der Waals surface area contributed by atoms with Crippen LogP contribution < -0.4 is 5.32 Å². The third-order valence-corrected chi connectivity index (χ3v) is 3.92. The van der Waals surface area contributed by atoms with Crippen molar-refractivity contribution in [3.8, 4) is 0 Å². The predicted molar refractivity (Wildman–Crippen MR) is 76.7 cm³/mol. The smallest absolute Gasteiger partial charge is 0.0728 e. The minimum atomic E-state index is 0.650. The number of anilines is 1. The van der Waals surface area contributed by atoms with Crippen molar-refractivity contribution in [2.24, 2.45) is 11.8 Å². The summed E-state index contributed by atoms with van der Waals surface area (Å²) in [6.07, 6.45) is 10.9. The summed E-state index contributed by atoms with van der Waals surface area (Å²) < 4.78 is 1.98. The highest BCUT2D eigenvalue weighted by Gasteiger charge is 2.22. The van der Waals surface area contributed by atoms with E-state index in [9.17, 15) is 0 Å². The van der Waals surface area contributed by atoms with Gasteiger partial charge in [-0.1, -0.05) is 26.7 Å². The van der Waals surface area contributed by atoms with Crippen molar-refractivity contribution < 1.29 is 0 Å². The van der Waals surface area contributed by atoms with Gasteiger partial charge in [0.1, 0.15) is 0 Å². The molecule has 0 bridgehead atoms. The zero-order valence-electron chi connectivity index (χ0n) is 12.0. The van der Waals surface area contributed by atoms with E-state index < -0.39 is 0 Å². The topological polar surface area (TPSA) is 29.9 Å². The predicted octanol–water partition coefficient (Wildman–Crippen LogP) is 3.92. The van der Waals surface area contributed by atoms with Gasteiger partial charge >= 0.3 is 0 Å². The highest BCUT2D eigenvalue weighted by atomic mass is 15.3. The van der Waals surface area contributed by atoms with Crippen molar-refractivity contribution in [1.82, 2.24) is 9.78 Å². The molecular weight excluding hydrogens is 222 g/mol. The van der Waals surface area contributed by atoms with E-state index in [0.717, 1.165) is 18.4 Å². The van der Waals surface area contributed by atoms with Gasteiger partial charge in [0.25, 0.3) is 0 Å². The fourth-order valence-electron chi connectivity index (χ4n) is 3.15. The molecular formula is C15H27N3. The van der Waals surface area contributed by atoms with Crippen molar-refractivity contribution in [2.75, 3.05) is 5.32 Å². The molecule has 2 atom stereocenters. The first-order chi connectivity index (χ1) is 8.67. The number of rotatable bonds is 5. The summed E-state index contributed by atoms with van der Waals surface area (Å²) in [5.41, 5.74) is 1.19. The van der Waals surface area contributed by atoms with Crippen LogP contribution in [-0.2, 0) is 6.54 Å². The lowest BCUT2D eigenvalue weighted by Gasteiger charge is -2.31. The summed E-state index contributed by atoms with van der Waals surface area (Å²) in [5.74, 6) is 1.74. The van der Waals surface area contributed by atoms with Crippen molar-refractivity contribution >= 4 is 5.69 Å². The third-order valence-electron chi connectivity index (χ3n) is 3.92. The molecule has 1 aliphatic rings. The summed E-state index contributed by atoms with van der Waals surface area (Å²) in [4.78, 5) is 0. The standard InChI is InChI=1S/C15H27N3/c1-4-18-11-15(10-16-18)17-14-7-5-6-13(9-14)8-12(2)3/h10-14,17H,4-9H2,1-3H3. The molecule has 1 aromatic rings. The average molecular weight is 249 g/mol. The van der Waals surface area contributed by atoms with E-state index in [0.29, 0.717) is 6.04 Å². The Hall–Kier alpha value is -0.990. The number of hydrogen-bond donors (Lipinski definition) is 1. The van der Waals surface area contributed by atoms with Crippen LogP contribution in [0.1, 0.15) is 52.9 Å². The Kier molecular flexibility index (Phi) is 4.67. The lowest BCUT2D eigenvalue weighted by Crippen LogP contribution is -2.27. The zero-order chi connectivity index (χ0) is 13.0. The maximum Gasteiger partial charge on any atom is 0.0728 e. The van der Waals surface area contributed by atoms with Gasteiger partial charge in [-0.2, -0.15) is 5.10 Å². The van der Waals surface area contributed by atoms with Crippen molar-refractivity contribution in [2.45, 2.75) is 65.5 Å². The molecule has 1 fully saturated rings. The van der Waals surface area contributed by atoms with Crippen LogP contribution in [0, 0.1) is 11.8 Å². The molecule has 0 radical (unpaired) electrons. The molecule has 0 saturated heterocycles. The largest absolute Gasteiger partial charge is 0.380 e. The number of nitrogens with zero attached hydrogens (tertiary/aromatic N) is 2. The van der Waals surface area contributed by atoms with Crippen molar-refractivity contribution in [3.05, 3.63) is 12.4 Å². The zero-order valence-corrected chi connectivity index (χ0v) is 12.0. The fourth-order valence-corrected chi connectivity index (χ4v) is 3.15. The third kappa shape index (κ3) is 3.76. The van der Waals surface area contributed by atoms with Gasteiger partial charge in [0.15, 0.2) is 0 Å². The van der Waals surface area contributed by atoms with E-state index >= 15 is 0 Å². The van der Waals surface area contributed by atoms with Gasteiger partial charge < -0.3 is 5.32 Å². The first kappa shape index (κ1) is 13.4. The quantitative estimate of drug-likeness (QED) is 0.857. The molecule has 0 aromatic carbocycles.